The molecule has 1 N–H and O–H groups in total. The van der Waals surface area contributed by atoms with E-state index in [0.29, 0.717) is 22.8 Å². The molecule has 178 valence electrons. The summed E-state index contributed by atoms with van der Waals surface area (Å²) in [4.78, 5) is 43.4. The zero-order valence-corrected chi connectivity index (χ0v) is 20.4. The van der Waals surface area contributed by atoms with Crippen molar-refractivity contribution in [3.05, 3.63) is 51.6 Å². The summed E-state index contributed by atoms with van der Waals surface area (Å²) >= 11 is 1.30. The molecule has 0 saturated carbocycles. The summed E-state index contributed by atoms with van der Waals surface area (Å²) in [6, 6.07) is 6.51. The van der Waals surface area contributed by atoms with Crippen LogP contribution >= 0.6 is 11.8 Å². The lowest BCUT2D eigenvalue weighted by molar-refractivity contribution is -0.113. The van der Waals surface area contributed by atoms with E-state index < -0.39 is 5.97 Å². The van der Waals surface area contributed by atoms with E-state index in [9.17, 15) is 14.4 Å². The second-order valence-electron chi connectivity index (χ2n) is 7.92. The molecule has 0 fully saturated rings. The molecule has 0 radical (unpaired) electrons. The lowest BCUT2D eigenvalue weighted by atomic mass is 10.2. The fourth-order valence-corrected chi connectivity index (χ4v) is 4.94. The second-order valence-corrected chi connectivity index (χ2v) is 8.88. The Kier molecular flexibility index (Phi) is 9.08. The number of nitrogens with one attached hydrogen (secondary N) is 1. The number of nitrogens with zero attached hydrogens (tertiary/aromatic N) is 3. The molecule has 1 aliphatic rings. The Bertz CT molecular complexity index is 1030. The van der Waals surface area contributed by atoms with Gasteiger partial charge < -0.3 is 15.0 Å². The van der Waals surface area contributed by atoms with Crippen LogP contribution in [0.2, 0.25) is 0 Å². The first-order valence-electron chi connectivity index (χ1n) is 11.4. The van der Waals surface area contributed by atoms with Crippen molar-refractivity contribution in [3.63, 3.8) is 0 Å². The predicted octanol–water partition coefficient (Wildman–Crippen LogP) is 2.98. The first-order valence-corrected chi connectivity index (χ1v) is 12.4. The lowest BCUT2D eigenvalue weighted by Crippen LogP contribution is -2.30. The van der Waals surface area contributed by atoms with E-state index in [1.165, 1.54) is 18.9 Å². The van der Waals surface area contributed by atoms with Gasteiger partial charge in [-0.3, -0.25) is 9.36 Å². The molecule has 1 aromatic carbocycles. The maximum Gasteiger partial charge on any atom is 0.348 e. The number of hydrogen-bond donors (Lipinski definition) is 1. The number of rotatable bonds is 11. The Morgan fingerprint density at radius 1 is 1.18 bits per heavy atom. The highest BCUT2D eigenvalue weighted by molar-refractivity contribution is 8.00. The zero-order chi connectivity index (χ0) is 23.8. The van der Waals surface area contributed by atoms with Crippen LogP contribution < -0.4 is 11.0 Å². The number of hydrogen-bond acceptors (Lipinski definition) is 7. The topological polar surface area (TPSA) is 93.5 Å². The smallest absolute Gasteiger partial charge is 0.348 e. The van der Waals surface area contributed by atoms with E-state index >= 15 is 0 Å². The molecule has 3 rings (SSSR count). The van der Waals surface area contributed by atoms with Crippen LogP contribution in [0.15, 0.2) is 34.1 Å². The Morgan fingerprint density at radius 2 is 1.91 bits per heavy atom. The second kappa shape index (κ2) is 12.0. The molecule has 0 spiro atoms. The number of fused-ring (bicyclic) bond motifs is 1. The van der Waals surface area contributed by atoms with Gasteiger partial charge in [0, 0.05) is 23.5 Å². The first kappa shape index (κ1) is 25.0. The summed E-state index contributed by atoms with van der Waals surface area (Å²) in [6.07, 6.45) is 3.68. The van der Waals surface area contributed by atoms with Crippen molar-refractivity contribution in [2.24, 2.45) is 0 Å². The number of amides is 1. The number of carbonyl (C=O) groups is 2. The van der Waals surface area contributed by atoms with Gasteiger partial charge in [0.1, 0.15) is 5.03 Å². The molecule has 33 heavy (non-hydrogen) atoms. The van der Waals surface area contributed by atoms with Crippen LogP contribution in [0, 0.1) is 0 Å². The van der Waals surface area contributed by atoms with Crippen molar-refractivity contribution in [3.8, 4) is 0 Å². The molecule has 0 atom stereocenters. The van der Waals surface area contributed by atoms with Crippen LogP contribution in [0.4, 0.5) is 5.69 Å². The van der Waals surface area contributed by atoms with Gasteiger partial charge in [0.2, 0.25) is 5.91 Å². The monoisotopic (exact) mass is 472 g/mol. The molecule has 1 heterocycles. The number of methoxy groups -OCH3 is 1. The summed E-state index contributed by atoms with van der Waals surface area (Å²) in [7, 11) is 1.32. The third kappa shape index (κ3) is 6.45. The maximum absolute atomic E-state index is 12.7. The van der Waals surface area contributed by atoms with Crippen LogP contribution in [0.5, 0.6) is 0 Å². The summed E-state index contributed by atoms with van der Waals surface area (Å²) in [5, 5.41) is 3.48. The molecule has 1 aromatic heterocycles. The first-order chi connectivity index (χ1) is 16.0. The average molecular weight is 473 g/mol. The minimum atomic E-state index is -0.425. The van der Waals surface area contributed by atoms with Crippen molar-refractivity contribution in [1.29, 1.82) is 0 Å². The van der Waals surface area contributed by atoms with E-state index in [0.717, 1.165) is 56.6 Å². The number of aromatic nitrogens is 2. The zero-order valence-electron chi connectivity index (χ0n) is 19.6. The van der Waals surface area contributed by atoms with Crippen molar-refractivity contribution >= 4 is 29.3 Å². The molecule has 9 heteroatoms. The highest BCUT2D eigenvalue weighted by Crippen LogP contribution is 2.29. The molecule has 0 aliphatic heterocycles. The number of thioether (sulfide) groups is 1. The van der Waals surface area contributed by atoms with Gasteiger partial charge in [-0.1, -0.05) is 25.6 Å². The fraction of sp³-hybridized carbons (Fsp3) is 0.500. The highest BCUT2D eigenvalue weighted by atomic mass is 32.2. The Labute approximate surface area is 198 Å². The lowest BCUT2D eigenvalue weighted by Gasteiger charge is -2.19. The largest absolute Gasteiger partial charge is 0.465 e. The van der Waals surface area contributed by atoms with Crippen LogP contribution in [0.1, 0.15) is 48.3 Å². The molecule has 0 bridgehead atoms. The van der Waals surface area contributed by atoms with Gasteiger partial charge in [-0.15, -0.1) is 0 Å². The van der Waals surface area contributed by atoms with Crippen molar-refractivity contribution in [1.82, 2.24) is 14.5 Å². The quantitative estimate of drug-likeness (QED) is 0.305. The summed E-state index contributed by atoms with van der Waals surface area (Å²) < 4.78 is 6.51. The van der Waals surface area contributed by atoms with Gasteiger partial charge in [0.15, 0.2) is 0 Å². The molecule has 8 nitrogen and oxygen atoms in total. The van der Waals surface area contributed by atoms with E-state index in [-0.39, 0.29) is 17.3 Å². The van der Waals surface area contributed by atoms with E-state index in [1.54, 1.807) is 24.3 Å². The Balaban J connectivity index is 1.61. The van der Waals surface area contributed by atoms with Crippen LogP contribution in [0.25, 0.3) is 0 Å². The van der Waals surface area contributed by atoms with E-state index in [4.69, 9.17) is 0 Å². The van der Waals surface area contributed by atoms with Gasteiger partial charge in [-0.05, 0) is 69.6 Å². The number of anilines is 1. The number of ether oxygens (including phenoxy) is 1. The third-order valence-electron chi connectivity index (χ3n) is 5.88. The molecule has 2 aromatic rings. The van der Waals surface area contributed by atoms with Gasteiger partial charge in [-0.25, -0.2) is 9.59 Å². The van der Waals surface area contributed by atoms with Crippen molar-refractivity contribution in [2.75, 3.05) is 37.8 Å². The molecular formula is C24H32N4O4S. The molecule has 0 saturated heterocycles. The van der Waals surface area contributed by atoms with Crippen LogP contribution in [0.3, 0.4) is 0 Å². The molecule has 0 unspecified atom stereocenters. The standard InChI is InChI=1S/C24H32N4O4S/c1-4-27(5-2)14-7-15-28-20-9-6-8-19(20)22(26-24(28)31)33-16-21(29)25-18-12-10-17(11-13-18)23(30)32-3/h10-13H,4-9,14-16H2,1-3H3,(H,25,29). The summed E-state index contributed by atoms with van der Waals surface area (Å²) in [6.45, 7) is 7.95. The average Bonchev–Trinajstić information content (AvgIpc) is 3.32. The normalized spacial score (nSPS) is 12.6. The van der Waals surface area contributed by atoms with Crippen molar-refractivity contribution < 1.29 is 14.3 Å². The van der Waals surface area contributed by atoms with Gasteiger partial charge in [0.05, 0.1) is 18.4 Å². The Morgan fingerprint density at radius 3 is 2.58 bits per heavy atom. The Hall–Kier alpha value is -2.65. The SMILES string of the molecule is CCN(CC)CCCn1c2c(c(SCC(=O)Nc3ccc(C(=O)OC)cc3)nc1=O)CCC2. The fourth-order valence-electron chi connectivity index (χ4n) is 4.07. The van der Waals surface area contributed by atoms with Crippen LogP contribution in [-0.2, 0) is 28.9 Å². The number of carbonyl (C=O) groups excluding carboxylic acids is 2. The van der Waals surface area contributed by atoms with E-state index in [1.807, 2.05) is 4.57 Å². The minimum absolute atomic E-state index is 0.156. The molecule has 1 aliphatic carbocycles. The highest BCUT2D eigenvalue weighted by Gasteiger charge is 2.22. The minimum Gasteiger partial charge on any atom is -0.465 e. The third-order valence-corrected chi connectivity index (χ3v) is 6.90. The molecular weight excluding hydrogens is 440 g/mol. The predicted molar refractivity (Wildman–Crippen MR) is 130 cm³/mol. The van der Waals surface area contributed by atoms with Gasteiger partial charge >= 0.3 is 11.7 Å². The van der Waals surface area contributed by atoms with Crippen LogP contribution in [-0.4, -0.2) is 58.8 Å². The van der Waals surface area contributed by atoms with E-state index in [2.05, 4.69) is 33.8 Å². The number of esters is 1. The van der Waals surface area contributed by atoms with Gasteiger partial charge in [-0.2, -0.15) is 4.98 Å². The van der Waals surface area contributed by atoms with Crippen molar-refractivity contribution in [2.45, 2.75) is 51.1 Å². The summed E-state index contributed by atoms with van der Waals surface area (Å²) in [5.74, 6) is -0.460. The maximum atomic E-state index is 12.7. The molecule has 1 amide bonds. The summed E-state index contributed by atoms with van der Waals surface area (Å²) in [5.41, 5.74) is 2.97. The number of benzene rings is 1. The van der Waals surface area contributed by atoms with Gasteiger partial charge in [0.25, 0.3) is 0 Å².